The number of para-hydroxylation sites is 1. The monoisotopic (exact) mass is 427 g/mol. The zero-order valence-electron chi connectivity index (χ0n) is 16.5. The van der Waals surface area contributed by atoms with E-state index in [4.69, 9.17) is 0 Å². The van der Waals surface area contributed by atoms with Crippen LogP contribution in [0.15, 0.2) is 61.3 Å². The molecule has 0 atom stereocenters. The second kappa shape index (κ2) is 8.71. The predicted octanol–water partition coefficient (Wildman–Crippen LogP) is 4.97. The molecule has 0 saturated carbocycles. The Morgan fingerprint density at radius 3 is 2.45 bits per heavy atom. The van der Waals surface area contributed by atoms with Gasteiger partial charge in [-0.1, -0.05) is 12.1 Å². The molecule has 2 aromatic heterocycles. The van der Waals surface area contributed by atoms with Gasteiger partial charge in [0.15, 0.2) is 0 Å². The number of likely N-dealkylation sites (tertiary alicyclic amines) is 1. The summed E-state index contributed by atoms with van der Waals surface area (Å²) in [5.74, 6) is 0.123. The van der Waals surface area contributed by atoms with Gasteiger partial charge in [-0.2, -0.15) is 13.2 Å². The third-order valence-corrected chi connectivity index (χ3v) is 5.38. The predicted molar refractivity (Wildman–Crippen MR) is 109 cm³/mol. The highest BCUT2D eigenvalue weighted by atomic mass is 19.4. The average molecular weight is 427 g/mol. The number of piperidine rings is 1. The highest BCUT2D eigenvalue weighted by molar-refractivity contribution is 5.90. The molecule has 3 aromatic rings. The molecule has 4 rings (SSSR count). The van der Waals surface area contributed by atoms with Gasteiger partial charge in [-0.05, 0) is 42.7 Å². The van der Waals surface area contributed by atoms with Crippen molar-refractivity contribution in [2.24, 2.45) is 0 Å². The minimum Gasteiger partial charge on any atom is -0.324 e. The summed E-state index contributed by atoms with van der Waals surface area (Å²) in [7, 11) is 0. The standard InChI is InChI=1S/C22H20F3N5O/c23-22(24,25)18-3-1-2-4-19(18)29-21(31)30-11-7-16(8-12-30)20-17(13-27-14-28-20)15-5-9-26-10-6-15/h1-6,9-10,13-14,16H,7-8,11-12H2,(H,29,31). The summed E-state index contributed by atoms with van der Waals surface area (Å²) >= 11 is 0. The Morgan fingerprint density at radius 2 is 1.74 bits per heavy atom. The zero-order valence-corrected chi connectivity index (χ0v) is 16.5. The van der Waals surface area contributed by atoms with Gasteiger partial charge in [-0.25, -0.2) is 14.8 Å². The first-order valence-electron chi connectivity index (χ1n) is 9.86. The van der Waals surface area contributed by atoms with Gasteiger partial charge in [-0.15, -0.1) is 0 Å². The molecule has 0 unspecified atom stereocenters. The fraction of sp³-hybridized carbons (Fsp3) is 0.273. The van der Waals surface area contributed by atoms with Crippen molar-refractivity contribution in [2.45, 2.75) is 24.9 Å². The number of nitrogens with one attached hydrogen (secondary N) is 1. The van der Waals surface area contributed by atoms with Crippen molar-refractivity contribution in [3.05, 3.63) is 72.6 Å². The van der Waals surface area contributed by atoms with Crippen LogP contribution in [-0.4, -0.2) is 39.0 Å². The summed E-state index contributed by atoms with van der Waals surface area (Å²) in [6.07, 6.45) is 3.47. The minimum absolute atomic E-state index is 0.123. The van der Waals surface area contributed by atoms with Crippen molar-refractivity contribution < 1.29 is 18.0 Å². The van der Waals surface area contributed by atoms with E-state index >= 15 is 0 Å². The molecule has 1 aliphatic rings. The molecule has 0 aliphatic carbocycles. The maximum atomic E-state index is 13.2. The Bertz CT molecular complexity index is 1050. The molecular formula is C22H20F3N5O. The Hall–Kier alpha value is -3.49. The maximum absolute atomic E-state index is 13.2. The van der Waals surface area contributed by atoms with Crippen LogP contribution in [0.25, 0.3) is 11.1 Å². The number of aromatic nitrogens is 3. The van der Waals surface area contributed by atoms with E-state index in [2.05, 4.69) is 20.3 Å². The van der Waals surface area contributed by atoms with Crippen molar-refractivity contribution >= 4 is 11.7 Å². The number of rotatable bonds is 3. The first kappa shape index (κ1) is 20.8. The third-order valence-electron chi connectivity index (χ3n) is 5.38. The Labute approximate surface area is 177 Å². The third kappa shape index (κ3) is 4.65. The van der Waals surface area contributed by atoms with Gasteiger partial charge in [0.25, 0.3) is 0 Å². The van der Waals surface area contributed by atoms with Gasteiger partial charge in [0.05, 0.1) is 16.9 Å². The Balaban J connectivity index is 1.44. The summed E-state index contributed by atoms with van der Waals surface area (Å²) in [6, 6.07) is 8.23. The van der Waals surface area contributed by atoms with Crippen molar-refractivity contribution in [3.63, 3.8) is 0 Å². The van der Waals surface area contributed by atoms with Crippen LogP contribution in [0.3, 0.4) is 0 Å². The van der Waals surface area contributed by atoms with Crippen molar-refractivity contribution in [3.8, 4) is 11.1 Å². The molecule has 1 saturated heterocycles. The molecule has 31 heavy (non-hydrogen) atoms. The normalized spacial score (nSPS) is 15.0. The minimum atomic E-state index is -4.53. The highest BCUT2D eigenvalue weighted by Crippen LogP contribution is 2.36. The van der Waals surface area contributed by atoms with E-state index in [1.807, 2.05) is 12.1 Å². The highest BCUT2D eigenvalue weighted by Gasteiger charge is 2.34. The first-order valence-corrected chi connectivity index (χ1v) is 9.86. The van der Waals surface area contributed by atoms with Crippen LogP contribution >= 0.6 is 0 Å². The van der Waals surface area contributed by atoms with E-state index in [9.17, 15) is 18.0 Å². The molecule has 2 amide bonds. The molecule has 0 bridgehead atoms. The van der Waals surface area contributed by atoms with Gasteiger partial charge >= 0.3 is 12.2 Å². The lowest BCUT2D eigenvalue weighted by Crippen LogP contribution is -2.41. The number of amides is 2. The van der Waals surface area contributed by atoms with E-state index in [-0.39, 0.29) is 11.6 Å². The van der Waals surface area contributed by atoms with Gasteiger partial charge in [-0.3, -0.25) is 4.98 Å². The first-order chi connectivity index (χ1) is 14.9. The quantitative estimate of drug-likeness (QED) is 0.641. The number of urea groups is 1. The Kier molecular flexibility index (Phi) is 5.83. The van der Waals surface area contributed by atoms with E-state index in [1.54, 1.807) is 18.6 Å². The molecule has 6 nitrogen and oxygen atoms in total. The lowest BCUT2D eigenvalue weighted by molar-refractivity contribution is -0.136. The van der Waals surface area contributed by atoms with Crippen LogP contribution in [-0.2, 0) is 6.18 Å². The summed E-state index contributed by atoms with van der Waals surface area (Å²) in [6.45, 7) is 0.842. The second-order valence-electron chi connectivity index (χ2n) is 7.29. The summed E-state index contributed by atoms with van der Waals surface area (Å²) in [4.78, 5) is 26.8. The number of carbonyl (C=O) groups is 1. The molecule has 1 aliphatic heterocycles. The topological polar surface area (TPSA) is 71.0 Å². The van der Waals surface area contributed by atoms with Crippen LogP contribution in [0, 0.1) is 0 Å². The number of carbonyl (C=O) groups excluding carboxylic acids is 1. The van der Waals surface area contributed by atoms with E-state index in [0.717, 1.165) is 22.9 Å². The lowest BCUT2D eigenvalue weighted by atomic mass is 9.89. The van der Waals surface area contributed by atoms with E-state index < -0.39 is 17.8 Å². The summed E-state index contributed by atoms with van der Waals surface area (Å²) in [5.41, 5.74) is 1.70. The number of alkyl halides is 3. The van der Waals surface area contributed by atoms with Crippen molar-refractivity contribution in [2.75, 3.05) is 18.4 Å². The molecule has 1 N–H and O–H groups in total. The molecule has 0 spiro atoms. The number of hydrogen-bond acceptors (Lipinski definition) is 4. The average Bonchev–Trinajstić information content (AvgIpc) is 2.79. The molecule has 9 heteroatoms. The molecule has 3 heterocycles. The zero-order chi connectivity index (χ0) is 21.8. The molecule has 1 fully saturated rings. The number of hydrogen-bond donors (Lipinski definition) is 1. The fourth-order valence-electron chi connectivity index (χ4n) is 3.81. The lowest BCUT2D eigenvalue weighted by Gasteiger charge is -2.32. The van der Waals surface area contributed by atoms with Crippen molar-refractivity contribution in [1.29, 1.82) is 0 Å². The van der Waals surface area contributed by atoms with E-state index in [0.29, 0.717) is 25.9 Å². The Morgan fingerprint density at radius 1 is 1.03 bits per heavy atom. The van der Waals surface area contributed by atoms with Crippen LogP contribution in [0.1, 0.15) is 30.0 Å². The second-order valence-corrected chi connectivity index (χ2v) is 7.29. The molecule has 160 valence electrons. The van der Waals surface area contributed by atoms with Crippen LogP contribution in [0.4, 0.5) is 23.7 Å². The number of halogens is 3. The SMILES string of the molecule is O=C(Nc1ccccc1C(F)(F)F)N1CCC(c2ncncc2-c2ccncc2)CC1. The fourth-order valence-corrected chi connectivity index (χ4v) is 3.81. The van der Waals surface area contributed by atoms with Gasteiger partial charge < -0.3 is 10.2 Å². The van der Waals surface area contributed by atoms with Crippen molar-refractivity contribution in [1.82, 2.24) is 19.9 Å². The van der Waals surface area contributed by atoms with Crippen LogP contribution in [0.5, 0.6) is 0 Å². The van der Waals surface area contributed by atoms with Gasteiger partial charge in [0.2, 0.25) is 0 Å². The summed E-state index contributed by atoms with van der Waals surface area (Å²) in [5, 5.41) is 2.41. The largest absolute Gasteiger partial charge is 0.418 e. The number of pyridine rings is 1. The van der Waals surface area contributed by atoms with Crippen LogP contribution in [0.2, 0.25) is 0 Å². The van der Waals surface area contributed by atoms with Crippen LogP contribution < -0.4 is 5.32 Å². The number of benzene rings is 1. The number of anilines is 1. The van der Waals surface area contributed by atoms with E-state index in [1.165, 1.54) is 29.4 Å². The molecule has 0 radical (unpaired) electrons. The maximum Gasteiger partial charge on any atom is 0.418 e. The smallest absolute Gasteiger partial charge is 0.324 e. The molecule has 1 aromatic carbocycles. The van der Waals surface area contributed by atoms with Gasteiger partial charge in [0.1, 0.15) is 6.33 Å². The summed E-state index contributed by atoms with van der Waals surface area (Å²) < 4.78 is 39.5. The van der Waals surface area contributed by atoms with Gasteiger partial charge in [0, 0.05) is 43.2 Å². The molecular weight excluding hydrogens is 407 g/mol. The number of nitrogens with zero attached hydrogens (tertiary/aromatic N) is 4.